The van der Waals surface area contributed by atoms with Gasteiger partial charge in [0.15, 0.2) is 0 Å². The van der Waals surface area contributed by atoms with Crippen molar-refractivity contribution in [3.05, 3.63) is 0 Å². The highest BCUT2D eigenvalue weighted by atomic mass is 16.1. The van der Waals surface area contributed by atoms with E-state index in [0.717, 1.165) is 18.3 Å². The van der Waals surface area contributed by atoms with Crippen LogP contribution in [0.2, 0.25) is 0 Å². The summed E-state index contributed by atoms with van der Waals surface area (Å²) in [5.41, 5.74) is -0.473. The van der Waals surface area contributed by atoms with Crippen LogP contribution in [-0.4, -0.2) is 12.6 Å². The number of hydrogen-bond acceptors (Lipinski definition) is 2. The molecule has 0 aromatic heterocycles. The molecule has 5 aliphatic carbocycles. The van der Waals surface area contributed by atoms with Gasteiger partial charge in [-0.1, -0.05) is 6.42 Å². The molecule has 0 aromatic rings. The molecule has 0 radical (unpaired) electrons. The van der Waals surface area contributed by atoms with Gasteiger partial charge in [0.1, 0.15) is 12.6 Å². The lowest BCUT2D eigenvalue weighted by Crippen LogP contribution is -2.55. The maximum atomic E-state index is 12.2. The average molecular weight is 258 g/mol. The smallest absolute Gasteiger partial charge is 0.127 e. The fourth-order valence-corrected chi connectivity index (χ4v) is 8.08. The van der Waals surface area contributed by atoms with Gasteiger partial charge in [-0.3, -0.25) is 0 Å². The maximum absolute atomic E-state index is 12.2. The number of fused-ring (bicyclic) bond motifs is 12. The second-order valence-electron chi connectivity index (χ2n) is 8.07. The molecule has 0 aromatic carbocycles. The lowest BCUT2D eigenvalue weighted by Gasteiger charge is -2.52. The van der Waals surface area contributed by atoms with Gasteiger partial charge in [0.25, 0.3) is 0 Å². The van der Waals surface area contributed by atoms with Crippen molar-refractivity contribution >= 4 is 12.6 Å². The molecule has 0 amide bonds. The first-order valence-electron chi connectivity index (χ1n) is 8.21. The van der Waals surface area contributed by atoms with Crippen molar-refractivity contribution in [2.75, 3.05) is 0 Å². The van der Waals surface area contributed by atoms with E-state index in [4.69, 9.17) is 0 Å². The summed E-state index contributed by atoms with van der Waals surface area (Å²) in [5.74, 6) is 3.92. The molecule has 0 spiro atoms. The van der Waals surface area contributed by atoms with Gasteiger partial charge in [0.05, 0.1) is 0 Å². The number of rotatable bonds is 2. The Kier molecular flexibility index (Phi) is 1.83. The average Bonchev–Trinajstić information content (AvgIpc) is 3.18. The van der Waals surface area contributed by atoms with Crippen LogP contribution in [0.25, 0.3) is 0 Å². The first kappa shape index (κ1) is 11.0. The van der Waals surface area contributed by atoms with Crippen LogP contribution in [0.1, 0.15) is 44.9 Å². The monoisotopic (exact) mass is 258 g/mol. The van der Waals surface area contributed by atoms with E-state index in [-0.39, 0.29) is 10.8 Å². The first-order chi connectivity index (χ1) is 9.28. The molecule has 2 nitrogen and oxygen atoms in total. The lowest BCUT2D eigenvalue weighted by molar-refractivity contribution is -0.150. The van der Waals surface area contributed by atoms with Crippen molar-refractivity contribution in [2.24, 2.45) is 46.3 Å². The molecule has 2 heteroatoms. The van der Waals surface area contributed by atoms with Gasteiger partial charge in [-0.25, -0.2) is 0 Å². The van der Waals surface area contributed by atoms with E-state index >= 15 is 0 Å². The van der Waals surface area contributed by atoms with Crippen molar-refractivity contribution in [1.29, 1.82) is 0 Å². The minimum Gasteiger partial charge on any atom is -0.303 e. The zero-order valence-corrected chi connectivity index (χ0v) is 11.4. The van der Waals surface area contributed by atoms with E-state index < -0.39 is 0 Å². The highest BCUT2D eigenvalue weighted by Gasteiger charge is 2.80. The number of aldehydes is 2. The van der Waals surface area contributed by atoms with Crippen molar-refractivity contribution in [2.45, 2.75) is 44.9 Å². The third-order valence-corrected chi connectivity index (χ3v) is 8.24. The Balaban J connectivity index is 1.75. The van der Waals surface area contributed by atoms with Crippen LogP contribution in [0.4, 0.5) is 0 Å². The zero-order chi connectivity index (χ0) is 12.8. The van der Waals surface area contributed by atoms with Crippen LogP contribution in [0.3, 0.4) is 0 Å². The van der Waals surface area contributed by atoms with Gasteiger partial charge in [-0.2, -0.15) is 0 Å². The SMILES string of the molecule is O=CC12CC(C3CCCC31)C1C3CCC(C3)C12C=O. The summed E-state index contributed by atoms with van der Waals surface area (Å²) in [5, 5.41) is 0. The molecule has 5 aliphatic rings. The molecule has 8 unspecified atom stereocenters. The van der Waals surface area contributed by atoms with Crippen LogP contribution in [-0.2, 0) is 9.59 Å². The second kappa shape index (κ2) is 3.15. The number of carbonyl (C=O) groups is 2. The summed E-state index contributed by atoms with van der Waals surface area (Å²) >= 11 is 0. The predicted octanol–water partition coefficient (Wildman–Crippen LogP) is 2.85. The van der Waals surface area contributed by atoms with Gasteiger partial charge in [-0.15, -0.1) is 0 Å². The Hall–Kier alpha value is -0.660. The third-order valence-electron chi connectivity index (χ3n) is 8.24. The van der Waals surface area contributed by atoms with Crippen LogP contribution in [0.15, 0.2) is 0 Å². The maximum Gasteiger partial charge on any atom is 0.127 e. The summed E-state index contributed by atoms with van der Waals surface area (Å²) < 4.78 is 0. The normalized spacial score (nSPS) is 64.2. The molecular formula is C17H22O2. The molecule has 5 rings (SSSR count). The topological polar surface area (TPSA) is 34.1 Å². The quantitative estimate of drug-likeness (QED) is 0.564. The van der Waals surface area contributed by atoms with Crippen molar-refractivity contribution < 1.29 is 9.59 Å². The van der Waals surface area contributed by atoms with Crippen LogP contribution in [0, 0.1) is 46.3 Å². The standard InChI is InChI=1S/C17H22O2/c18-8-16-7-13(12-2-1-3-14(12)16)15-10-4-5-11(6-10)17(15,16)9-19/h8-15H,1-7H2. The fraction of sp³-hybridized carbons (Fsp3) is 0.882. The van der Waals surface area contributed by atoms with E-state index in [9.17, 15) is 9.59 Å². The first-order valence-corrected chi connectivity index (χ1v) is 8.21. The van der Waals surface area contributed by atoms with E-state index in [1.54, 1.807) is 0 Å². The lowest BCUT2D eigenvalue weighted by atomic mass is 9.49. The Morgan fingerprint density at radius 3 is 2.63 bits per heavy atom. The molecule has 8 atom stereocenters. The molecule has 0 N–H and O–H groups in total. The molecule has 0 heterocycles. The minimum absolute atomic E-state index is 0.228. The molecule has 19 heavy (non-hydrogen) atoms. The van der Waals surface area contributed by atoms with Gasteiger partial charge in [-0.05, 0) is 74.0 Å². The Morgan fingerprint density at radius 1 is 0.947 bits per heavy atom. The van der Waals surface area contributed by atoms with E-state index in [1.165, 1.54) is 51.1 Å². The number of hydrogen-bond donors (Lipinski definition) is 0. The van der Waals surface area contributed by atoms with Crippen molar-refractivity contribution in [3.8, 4) is 0 Å². The molecular weight excluding hydrogens is 236 g/mol. The van der Waals surface area contributed by atoms with Crippen molar-refractivity contribution in [1.82, 2.24) is 0 Å². The van der Waals surface area contributed by atoms with Crippen molar-refractivity contribution in [3.63, 3.8) is 0 Å². The highest BCUT2D eigenvalue weighted by Crippen LogP contribution is 2.81. The molecule has 0 aliphatic heterocycles. The van der Waals surface area contributed by atoms with E-state index in [2.05, 4.69) is 0 Å². The fourth-order valence-electron chi connectivity index (χ4n) is 8.08. The number of carbonyl (C=O) groups excluding carboxylic acids is 2. The van der Waals surface area contributed by atoms with E-state index in [0.29, 0.717) is 23.7 Å². The second-order valence-corrected chi connectivity index (χ2v) is 8.07. The van der Waals surface area contributed by atoms with Gasteiger partial charge >= 0.3 is 0 Å². The summed E-state index contributed by atoms with van der Waals surface area (Å²) in [7, 11) is 0. The summed E-state index contributed by atoms with van der Waals surface area (Å²) in [6.45, 7) is 0. The summed E-state index contributed by atoms with van der Waals surface area (Å²) in [6.07, 6.45) is 11.2. The van der Waals surface area contributed by atoms with Crippen LogP contribution < -0.4 is 0 Å². The minimum atomic E-state index is -0.245. The Morgan fingerprint density at radius 2 is 1.84 bits per heavy atom. The Bertz CT molecular complexity index is 472. The molecule has 5 saturated carbocycles. The molecule has 0 saturated heterocycles. The Labute approximate surface area is 114 Å². The summed E-state index contributed by atoms with van der Waals surface area (Å²) in [4.78, 5) is 24.3. The summed E-state index contributed by atoms with van der Waals surface area (Å²) in [6, 6.07) is 0. The molecule has 4 bridgehead atoms. The van der Waals surface area contributed by atoms with Gasteiger partial charge in [0.2, 0.25) is 0 Å². The highest BCUT2D eigenvalue weighted by molar-refractivity contribution is 5.78. The van der Waals surface area contributed by atoms with Gasteiger partial charge < -0.3 is 9.59 Å². The predicted molar refractivity (Wildman–Crippen MR) is 70.3 cm³/mol. The molecule has 102 valence electrons. The molecule has 5 fully saturated rings. The largest absolute Gasteiger partial charge is 0.303 e. The van der Waals surface area contributed by atoms with Gasteiger partial charge in [0, 0.05) is 10.8 Å². The van der Waals surface area contributed by atoms with E-state index in [1.807, 2.05) is 0 Å². The zero-order valence-electron chi connectivity index (χ0n) is 11.4. The van der Waals surface area contributed by atoms with Crippen LogP contribution in [0.5, 0.6) is 0 Å². The third kappa shape index (κ3) is 0.874. The van der Waals surface area contributed by atoms with Crippen LogP contribution >= 0.6 is 0 Å².